The first-order valence-corrected chi connectivity index (χ1v) is 9.53. The van der Waals surface area contributed by atoms with E-state index in [1.165, 1.54) is 18.0 Å². The molecule has 7 heteroatoms. The van der Waals surface area contributed by atoms with Gasteiger partial charge in [0, 0.05) is 16.5 Å². The highest BCUT2D eigenvalue weighted by Crippen LogP contribution is 2.23. The number of hydrogen-bond donors (Lipinski definition) is 1. The lowest BCUT2D eigenvalue weighted by molar-refractivity contribution is 0.102. The Bertz CT molecular complexity index is 932. The van der Waals surface area contributed by atoms with Crippen LogP contribution < -0.4 is 5.32 Å². The van der Waals surface area contributed by atoms with Gasteiger partial charge in [-0.15, -0.1) is 0 Å². The molecule has 1 heterocycles. The van der Waals surface area contributed by atoms with Gasteiger partial charge in [0.25, 0.3) is 5.91 Å². The maximum absolute atomic E-state index is 12.5. The van der Waals surface area contributed by atoms with Gasteiger partial charge in [-0.3, -0.25) is 4.79 Å². The van der Waals surface area contributed by atoms with E-state index in [0.717, 1.165) is 11.1 Å². The second-order valence-corrected chi connectivity index (χ2v) is 7.37. The topological polar surface area (TPSA) is 54.9 Å². The van der Waals surface area contributed by atoms with Gasteiger partial charge in [0.15, 0.2) is 10.9 Å². The van der Waals surface area contributed by atoms with Crippen LogP contribution in [-0.4, -0.2) is 15.9 Å². The number of benzene rings is 2. The van der Waals surface area contributed by atoms with Crippen LogP contribution in [0.15, 0.2) is 59.9 Å². The Morgan fingerprint density at radius 2 is 1.92 bits per heavy atom. The molecule has 0 unspecified atom stereocenters. The fraction of sp³-hybridized carbons (Fsp3) is 0.105. The van der Waals surface area contributed by atoms with Crippen molar-refractivity contribution in [2.24, 2.45) is 0 Å². The summed E-state index contributed by atoms with van der Waals surface area (Å²) in [5.41, 5.74) is 2.99. The second-order valence-electron chi connectivity index (χ2n) is 5.59. The predicted molar refractivity (Wildman–Crippen MR) is 107 cm³/mol. The van der Waals surface area contributed by atoms with Gasteiger partial charge >= 0.3 is 0 Å². The molecular formula is C19H15Cl2N3OS. The molecule has 1 N–H and O–H groups in total. The summed E-state index contributed by atoms with van der Waals surface area (Å²) in [6.07, 6.45) is 1.45. The minimum absolute atomic E-state index is 0.154. The largest absolute Gasteiger partial charge is 0.321 e. The van der Waals surface area contributed by atoms with Gasteiger partial charge in [0.1, 0.15) is 0 Å². The van der Waals surface area contributed by atoms with E-state index in [-0.39, 0.29) is 16.6 Å². The van der Waals surface area contributed by atoms with Gasteiger partial charge in [-0.2, -0.15) is 0 Å². The van der Waals surface area contributed by atoms with E-state index >= 15 is 0 Å². The van der Waals surface area contributed by atoms with Gasteiger partial charge in [0.05, 0.1) is 11.2 Å². The lowest BCUT2D eigenvalue weighted by Gasteiger charge is -2.08. The molecular weight excluding hydrogens is 389 g/mol. The van der Waals surface area contributed by atoms with Crippen molar-refractivity contribution in [2.45, 2.75) is 17.8 Å². The van der Waals surface area contributed by atoms with Crippen molar-refractivity contribution >= 4 is 46.6 Å². The number of carbonyl (C=O) groups is 1. The third-order valence-corrected chi connectivity index (χ3v) is 4.96. The number of amides is 1. The van der Waals surface area contributed by atoms with E-state index in [1.807, 2.05) is 55.5 Å². The number of aromatic nitrogens is 2. The SMILES string of the molecule is Cc1cccc(NC(=O)c2nc(SCc3ccc(Cl)cc3)ncc2Cl)c1. The minimum atomic E-state index is -0.364. The van der Waals surface area contributed by atoms with Crippen LogP contribution in [0, 0.1) is 6.92 Å². The van der Waals surface area contributed by atoms with Gasteiger partial charge in [0.2, 0.25) is 0 Å². The third-order valence-electron chi connectivity index (χ3n) is 3.49. The van der Waals surface area contributed by atoms with Crippen LogP contribution in [0.5, 0.6) is 0 Å². The van der Waals surface area contributed by atoms with Crippen LogP contribution in [0.1, 0.15) is 21.6 Å². The maximum atomic E-state index is 12.5. The summed E-state index contributed by atoms with van der Waals surface area (Å²) in [4.78, 5) is 21.0. The molecule has 0 atom stereocenters. The number of nitrogens with zero attached hydrogens (tertiary/aromatic N) is 2. The molecule has 0 bridgehead atoms. The molecule has 0 aliphatic carbocycles. The van der Waals surface area contributed by atoms with Crippen LogP contribution in [0.3, 0.4) is 0 Å². The van der Waals surface area contributed by atoms with E-state index in [1.54, 1.807) is 0 Å². The highest BCUT2D eigenvalue weighted by atomic mass is 35.5. The molecule has 0 aliphatic heterocycles. The number of anilines is 1. The van der Waals surface area contributed by atoms with Gasteiger partial charge in [-0.25, -0.2) is 9.97 Å². The summed E-state index contributed by atoms with van der Waals surface area (Å²) in [7, 11) is 0. The summed E-state index contributed by atoms with van der Waals surface area (Å²) >= 11 is 13.4. The summed E-state index contributed by atoms with van der Waals surface area (Å²) in [6.45, 7) is 1.96. The molecule has 3 aromatic rings. The number of carbonyl (C=O) groups excluding carboxylic acids is 1. The van der Waals surface area contributed by atoms with Gasteiger partial charge < -0.3 is 5.32 Å². The summed E-state index contributed by atoms with van der Waals surface area (Å²) in [5, 5.41) is 4.20. The lowest BCUT2D eigenvalue weighted by atomic mass is 10.2. The first-order valence-electron chi connectivity index (χ1n) is 7.79. The third kappa shape index (κ3) is 4.97. The normalized spacial score (nSPS) is 10.6. The van der Waals surface area contributed by atoms with Crippen molar-refractivity contribution in [1.82, 2.24) is 9.97 Å². The molecule has 0 saturated heterocycles. The Morgan fingerprint density at radius 3 is 2.65 bits per heavy atom. The van der Waals surface area contributed by atoms with Crippen LogP contribution in [0.25, 0.3) is 0 Å². The van der Waals surface area contributed by atoms with Crippen molar-refractivity contribution in [1.29, 1.82) is 0 Å². The van der Waals surface area contributed by atoms with E-state index in [2.05, 4.69) is 15.3 Å². The summed E-state index contributed by atoms with van der Waals surface area (Å²) in [6, 6.07) is 15.1. The van der Waals surface area contributed by atoms with E-state index in [4.69, 9.17) is 23.2 Å². The molecule has 0 spiro atoms. The second kappa shape index (κ2) is 8.54. The summed E-state index contributed by atoms with van der Waals surface area (Å²) < 4.78 is 0. The monoisotopic (exact) mass is 403 g/mol. The van der Waals surface area contributed by atoms with Crippen molar-refractivity contribution < 1.29 is 4.79 Å². The molecule has 0 saturated carbocycles. The van der Waals surface area contributed by atoms with E-state index < -0.39 is 0 Å². The van der Waals surface area contributed by atoms with Crippen molar-refractivity contribution in [2.75, 3.05) is 5.32 Å². The molecule has 132 valence electrons. The Morgan fingerprint density at radius 1 is 1.15 bits per heavy atom. The number of thioether (sulfide) groups is 1. The van der Waals surface area contributed by atoms with Crippen LogP contribution in [0.2, 0.25) is 10.0 Å². The smallest absolute Gasteiger partial charge is 0.275 e. The zero-order valence-corrected chi connectivity index (χ0v) is 16.2. The highest BCUT2D eigenvalue weighted by Gasteiger charge is 2.15. The number of hydrogen-bond acceptors (Lipinski definition) is 4. The average Bonchev–Trinajstić information content (AvgIpc) is 2.62. The average molecular weight is 404 g/mol. The molecule has 1 aromatic heterocycles. The molecule has 2 aromatic carbocycles. The fourth-order valence-corrected chi connectivity index (χ4v) is 3.30. The highest BCUT2D eigenvalue weighted by molar-refractivity contribution is 7.98. The molecule has 26 heavy (non-hydrogen) atoms. The molecule has 0 radical (unpaired) electrons. The minimum Gasteiger partial charge on any atom is -0.321 e. The zero-order chi connectivity index (χ0) is 18.5. The van der Waals surface area contributed by atoms with Crippen molar-refractivity contribution in [3.05, 3.63) is 81.6 Å². The standard InChI is InChI=1S/C19H15Cl2N3OS/c1-12-3-2-4-15(9-12)23-18(25)17-16(21)10-22-19(24-17)26-11-13-5-7-14(20)8-6-13/h2-10H,11H2,1H3,(H,23,25). The van der Waals surface area contributed by atoms with E-state index in [9.17, 15) is 4.79 Å². The van der Waals surface area contributed by atoms with E-state index in [0.29, 0.717) is 21.6 Å². The number of aryl methyl sites for hydroxylation is 1. The lowest BCUT2D eigenvalue weighted by Crippen LogP contribution is -2.15. The summed E-state index contributed by atoms with van der Waals surface area (Å²) in [5.74, 6) is 0.300. The molecule has 4 nitrogen and oxygen atoms in total. The Balaban J connectivity index is 1.72. The van der Waals surface area contributed by atoms with Crippen LogP contribution in [-0.2, 0) is 5.75 Å². The zero-order valence-electron chi connectivity index (χ0n) is 13.9. The van der Waals surface area contributed by atoms with Gasteiger partial charge in [-0.05, 0) is 42.3 Å². The van der Waals surface area contributed by atoms with Gasteiger partial charge in [-0.1, -0.05) is 59.2 Å². The quantitative estimate of drug-likeness (QED) is 0.442. The molecule has 0 aliphatic rings. The Hall–Kier alpha value is -2.08. The maximum Gasteiger partial charge on any atom is 0.275 e. The molecule has 0 fully saturated rings. The van der Waals surface area contributed by atoms with Crippen LogP contribution >= 0.6 is 35.0 Å². The predicted octanol–water partition coefficient (Wildman–Crippen LogP) is 5.64. The van der Waals surface area contributed by atoms with Crippen LogP contribution in [0.4, 0.5) is 5.69 Å². The molecule has 1 amide bonds. The number of rotatable bonds is 5. The number of halogens is 2. The molecule has 3 rings (SSSR count). The number of nitrogens with one attached hydrogen (secondary N) is 1. The van der Waals surface area contributed by atoms with Crippen molar-refractivity contribution in [3.63, 3.8) is 0 Å². The Labute approximate surface area is 166 Å². The first-order chi connectivity index (χ1) is 12.5. The Kier molecular flexibility index (Phi) is 6.14. The van der Waals surface area contributed by atoms with Crippen molar-refractivity contribution in [3.8, 4) is 0 Å². The first kappa shape index (κ1) is 18.7. The fourth-order valence-electron chi connectivity index (χ4n) is 2.22.